The van der Waals surface area contributed by atoms with Gasteiger partial charge in [0.1, 0.15) is 6.04 Å². The Labute approximate surface area is 121 Å². The molecule has 2 aliphatic carbocycles. The van der Waals surface area contributed by atoms with Gasteiger partial charge in [-0.3, -0.25) is 9.59 Å². The van der Waals surface area contributed by atoms with Crippen LogP contribution < -0.4 is 5.32 Å². The lowest BCUT2D eigenvalue weighted by Gasteiger charge is -2.41. The van der Waals surface area contributed by atoms with Crippen molar-refractivity contribution in [2.45, 2.75) is 57.9 Å². The summed E-state index contributed by atoms with van der Waals surface area (Å²) in [4.78, 5) is 26.3. The second-order valence-corrected chi connectivity index (χ2v) is 6.81. The SMILES string of the molecule is CC1C(=O)NCCN1C(=O)C1CCC2CCCCC2C1. The third-order valence-corrected chi connectivity index (χ3v) is 5.67. The van der Waals surface area contributed by atoms with Crippen molar-refractivity contribution in [2.75, 3.05) is 13.1 Å². The fourth-order valence-electron chi connectivity index (χ4n) is 4.42. The number of hydrogen-bond acceptors (Lipinski definition) is 2. The highest BCUT2D eigenvalue weighted by atomic mass is 16.2. The highest BCUT2D eigenvalue weighted by Crippen LogP contribution is 2.43. The topological polar surface area (TPSA) is 49.4 Å². The van der Waals surface area contributed by atoms with Crippen LogP contribution in [0.4, 0.5) is 0 Å². The molecule has 3 rings (SSSR count). The first-order valence-electron chi connectivity index (χ1n) is 8.25. The lowest BCUT2D eigenvalue weighted by atomic mass is 9.67. The van der Waals surface area contributed by atoms with Crippen molar-refractivity contribution in [2.24, 2.45) is 17.8 Å². The number of carbonyl (C=O) groups is 2. The van der Waals surface area contributed by atoms with Gasteiger partial charge in [-0.25, -0.2) is 0 Å². The van der Waals surface area contributed by atoms with Gasteiger partial charge in [0, 0.05) is 19.0 Å². The number of amides is 2. The third-order valence-electron chi connectivity index (χ3n) is 5.67. The zero-order valence-corrected chi connectivity index (χ0v) is 12.4. The van der Waals surface area contributed by atoms with Gasteiger partial charge in [-0.15, -0.1) is 0 Å². The van der Waals surface area contributed by atoms with Crippen LogP contribution in [0.3, 0.4) is 0 Å². The number of carbonyl (C=O) groups excluding carboxylic acids is 2. The van der Waals surface area contributed by atoms with E-state index < -0.39 is 0 Å². The number of rotatable bonds is 1. The predicted octanol–water partition coefficient (Wildman–Crippen LogP) is 1.94. The van der Waals surface area contributed by atoms with E-state index in [-0.39, 0.29) is 23.8 Å². The molecule has 0 spiro atoms. The molecule has 4 atom stereocenters. The molecule has 0 bridgehead atoms. The number of nitrogens with zero attached hydrogens (tertiary/aromatic N) is 1. The fraction of sp³-hybridized carbons (Fsp3) is 0.875. The summed E-state index contributed by atoms with van der Waals surface area (Å²) in [6.07, 6.45) is 8.71. The molecule has 1 saturated heterocycles. The molecule has 3 fully saturated rings. The quantitative estimate of drug-likeness (QED) is 0.797. The average molecular weight is 278 g/mol. The summed E-state index contributed by atoms with van der Waals surface area (Å²) in [5, 5.41) is 2.83. The maximum atomic E-state index is 12.7. The van der Waals surface area contributed by atoms with E-state index in [0.717, 1.165) is 24.7 Å². The normalized spacial score (nSPS) is 38.0. The van der Waals surface area contributed by atoms with Crippen LogP contribution in [0.25, 0.3) is 0 Å². The van der Waals surface area contributed by atoms with E-state index >= 15 is 0 Å². The Morgan fingerprint density at radius 1 is 1.15 bits per heavy atom. The Morgan fingerprint density at radius 3 is 2.70 bits per heavy atom. The van der Waals surface area contributed by atoms with Crippen molar-refractivity contribution < 1.29 is 9.59 Å². The largest absolute Gasteiger partial charge is 0.353 e. The number of piperazine rings is 1. The molecule has 20 heavy (non-hydrogen) atoms. The molecular weight excluding hydrogens is 252 g/mol. The fourth-order valence-corrected chi connectivity index (χ4v) is 4.42. The molecular formula is C16H26N2O2. The van der Waals surface area contributed by atoms with Crippen LogP contribution >= 0.6 is 0 Å². The van der Waals surface area contributed by atoms with Crippen LogP contribution in [0.2, 0.25) is 0 Å². The van der Waals surface area contributed by atoms with Gasteiger partial charge in [0.15, 0.2) is 0 Å². The van der Waals surface area contributed by atoms with Gasteiger partial charge in [-0.05, 0) is 38.0 Å². The summed E-state index contributed by atoms with van der Waals surface area (Å²) in [5.74, 6) is 2.03. The van der Waals surface area contributed by atoms with Gasteiger partial charge in [0.25, 0.3) is 0 Å². The van der Waals surface area contributed by atoms with E-state index in [0.29, 0.717) is 13.1 Å². The van der Waals surface area contributed by atoms with Crippen LogP contribution in [0.5, 0.6) is 0 Å². The van der Waals surface area contributed by atoms with Crippen molar-refractivity contribution in [3.63, 3.8) is 0 Å². The molecule has 2 amide bonds. The van der Waals surface area contributed by atoms with E-state index in [1.54, 1.807) is 0 Å². The minimum absolute atomic E-state index is 0.00375. The van der Waals surface area contributed by atoms with E-state index in [4.69, 9.17) is 0 Å². The van der Waals surface area contributed by atoms with Crippen LogP contribution in [0, 0.1) is 17.8 Å². The third kappa shape index (κ3) is 2.57. The Hall–Kier alpha value is -1.06. The van der Waals surface area contributed by atoms with E-state index in [2.05, 4.69) is 5.32 Å². The van der Waals surface area contributed by atoms with Gasteiger partial charge in [0.2, 0.25) is 11.8 Å². The molecule has 112 valence electrons. The van der Waals surface area contributed by atoms with Crippen molar-refractivity contribution in [3.05, 3.63) is 0 Å². The predicted molar refractivity (Wildman–Crippen MR) is 77.0 cm³/mol. The molecule has 1 heterocycles. The van der Waals surface area contributed by atoms with Crippen LogP contribution in [-0.4, -0.2) is 35.8 Å². The Morgan fingerprint density at radius 2 is 1.90 bits per heavy atom. The minimum Gasteiger partial charge on any atom is -0.353 e. The first kappa shape index (κ1) is 13.9. The molecule has 1 N–H and O–H groups in total. The minimum atomic E-state index is -0.291. The summed E-state index contributed by atoms with van der Waals surface area (Å²) in [6.45, 7) is 3.13. The number of nitrogens with one attached hydrogen (secondary N) is 1. The maximum Gasteiger partial charge on any atom is 0.242 e. The van der Waals surface area contributed by atoms with Gasteiger partial charge in [0.05, 0.1) is 0 Å². The summed E-state index contributed by atoms with van der Waals surface area (Å²) in [5.41, 5.74) is 0. The Bertz CT molecular complexity index is 396. The molecule has 2 saturated carbocycles. The average Bonchev–Trinajstić information content (AvgIpc) is 2.49. The molecule has 0 aromatic heterocycles. The summed E-state index contributed by atoms with van der Waals surface area (Å²) in [7, 11) is 0. The standard InChI is InChI=1S/C16H26N2O2/c1-11-15(19)17-8-9-18(11)16(20)14-7-6-12-4-2-3-5-13(12)10-14/h11-14H,2-10H2,1H3,(H,17,19). The second kappa shape index (κ2) is 5.74. The van der Waals surface area contributed by atoms with Gasteiger partial charge < -0.3 is 10.2 Å². The Balaban J connectivity index is 1.63. The first-order valence-corrected chi connectivity index (χ1v) is 8.25. The monoisotopic (exact) mass is 278 g/mol. The second-order valence-electron chi connectivity index (χ2n) is 6.81. The summed E-state index contributed by atoms with van der Waals surface area (Å²) < 4.78 is 0. The highest BCUT2D eigenvalue weighted by molar-refractivity contribution is 5.89. The molecule has 3 aliphatic rings. The molecule has 4 unspecified atom stereocenters. The maximum absolute atomic E-state index is 12.7. The van der Waals surface area contributed by atoms with E-state index in [1.165, 1.54) is 32.1 Å². The zero-order chi connectivity index (χ0) is 14.1. The zero-order valence-electron chi connectivity index (χ0n) is 12.4. The summed E-state index contributed by atoms with van der Waals surface area (Å²) in [6, 6.07) is -0.291. The lowest BCUT2D eigenvalue weighted by molar-refractivity contribution is -0.147. The molecule has 1 aliphatic heterocycles. The number of fused-ring (bicyclic) bond motifs is 1. The van der Waals surface area contributed by atoms with E-state index in [9.17, 15) is 9.59 Å². The van der Waals surface area contributed by atoms with Crippen LogP contribution in [0.1, 0.15) is 51.9 Å². The van der Waals surface area contributed by atoms with Gasteiger partial charge >= 0.3 is 0 Å². The van der Waals surface area contributed by atoms with Gasteiger partial charge in [-0.2, -0.15) is 0 Å². The van der Waals surface area contributed by atoms with Crippen molar-refractivity contribution in [3.8, 4) is 0 Å². The molecule has 0 radical (unpaired) electrons. The number of hydrogen-bond donors (Lipinski definition) is 1. The molecule has 4 nitrogen and oxygen atoms in total. The smallest absolute Gasteiger partial charge is 0.242 e. The molecule has 4 heteroatoms. The first-order chi connectivity index (χ1) is 9.66. The summed E-state index contributed by atoms with van der Waals surface area (Å²) >= 11 is 0. The van der Waals surface area contributed by atoms with Crippen molar-refractivity contribution in [1.82, 2.24) is 10.2 Å². The van der Waals surface area contributed by atoms with Gasteiger partial charge in [-0.1, -0.05) is 25.7 Å². The van der Waals surface area contributed by atoms with Crippen LogP contribution in [0.15, 0.2) is 0 Å². The van der Waals surface area contributed by atoms with E-state index in [1.807, 2.05) is 11.8 Å². The lowest BCUT2D eigenvalue weighted by Crippen LogP contribution is -2.57. The molecule has 0 aromatic rings. The molecule has 0 aromatic carbocycles. The highest BCUT2D eigenvalue weighted by Gasteiger charge is 2.39. The van der Waals surface area contributed by atoms with Crippen molar-refractivity contribution in [1.29, 1.82) is 0 Å². The van der Waals surface area contributed by atoms with Crippen LogP contribution in [-0.2, 0) is 9.59 Å². The Kier molecular flexibility index (Phi) is 3.99. The van der Waals surface area contributed by atoms with Crippen molar-refractivity contribution >= 4 is 11.8 Å².